The topological polar surface area (TPSA) is 43.9 Å². The van der Waals surface area contributed by atoms with Crippen molar-refractivity contribution in [2.24, 2.45) is 5.92 Å². The summed E-state index contributed by atoms with van der Waals surface area (Å²) in [6.45, 7) is 21.1. The van der Waals surface area contributed by atoms with Crippen molar-refractivity contribution in [3.63, 3.8) is 0 Å². The molecule has 236 valence electrons. The third kappa shape index (κ3) is 7.13. The number of aryl methyl sites for hydroxylation is 2. The third-order valence-corrected chi connectivity index (χ3v) is 9.97. The highest BCUT2D eigenvalue weighted by atomic mass is 19.1. The van der Waals surface area contributed by atoms with Crippen LogP contribution in [0.25, 0.3) is 0 Å². The number of hydrogen-bond acceptors (Lipinski definition) is 3. The maximum atomic E-state index is 15.1. The van der Waals surface area contributed by atoms with Crippen LogP contribution in [-0.2, 0) is 9.59 Å². The van der Waals surface area contributed by atoms with Crippen molar-refractivity contribution in [3.05, 3.63) is 69.8 Å². The first-order valence-electron chi connectivity index (χ1n) is 16.0. The number of nitrogens with zero attached hydrogens (tertiary/aromatic N) is 3. The second-order valence-electron chi connectivity index (χ2n) is 14.1. The zero-order valence-corrected chi connectivity index (χ0v) is 27.6. The van der Waals surface area contributed by atoms with Crippen molar-refractivity contribution in [3.8, 4) is 0 Å². The van der Waals surface area contributed by atoms with Gasteiger partial charge in [-0.25, -0.2) is 8.78 Å². The second-order valence-corrected chi connectivity index (χ2v) is 14.1. The lowest BCUT2D eigenvalue weighted by Crippen LogP contribution is -2.53. The normalized spacial score (nSPS) is 21.3. The Morgan fingerprint density at radius 2 is 1.53 bits per heavy atom. The number of halogens is 2. The van der Waals surface area contributed by atoms with Gasteiger partial charge in [0, 0.05) is 56.0 Å². The molecular weight excluding hydrogens is 544 g/mol. The standard InChI is InChI=1S/C36H51F2N3O2/c1-22(2)41(26(6)42)25(5)31-18-23(3)24(4)19-32(31)27-12-15-39(16-13-27)35(43)30-14-17-40(36(7,8)9)21-33(30)29-11-10-28(37)20-34(29)38/h10-11,18-20,22,25,27,30,33H,12-17,21H2,1-9H3/t25-,30-,33+/m1/s1. The molecule has 0 spiro atoms. The predicted octanol–water partition coefficient (Wildman–Crippen LogP) is 7.51. The molecule has 4 rings (SSSR count). The molecule has 2 saturated heterocycles. The fourth-order valence-corrected chi connectivity index (χ4v) is 7.43. The van der Waals surface area contributed by atoms with E-state index in [4.69, 9.17) is 0 Å². The molecule has 2 aliphatic rings. The maximum absolute atomic E-state index is 15.1. The molecular formula is C36H51F2N3O2. The predicted molar refractivity (Wildman–Crippen MR) is 169 cm³/mol. The van der Waals surface area contributed by atoms with Crippen LogP contribution in [0, 0.1) is 31.4 Å². The minimum absolute atomic E-state index is 0.0502. The fraction of sp³-hybridized carbons (Fsp3) is 0.611. The first kappa shape index (κ1) is 33.1. The second kappa shape index (κ2) is 13.1. The Hall–Kier alpha value is -2.80. The number of carbonyl (C=O) groups is 2. The lowest BCUT2D eigenvalue weighted by Gasteiger charge is -2.46. The zero-order chi connectivity index (χ0) is 31.8. The summed E-state index contributed by atoms with van der Waals surface area (Å²) in [6, 6.07) is 8.34. The van der Waals surface area contributed by atoms with Crippen LogP contribution >= 0.6 is 0 Å². The number of rotatable bonds is 6. The minimum Gasteiger partial charge on any atom is -0.342 e. The molecule has 3 atom stereocenters. The Morgan fingerprint density at radius 1 is 0.907 bits per heavy atom. The Morgan fingerprint density at radius 3 is 2.09 bits per heavy atom. The van der Waals surface area contributed by atoms with Gasteiger partial charge in [0.1, 0.15) is 11.6 Å². The maximum Gasteiger partial charge on any atom is 0.226 e. The number of hydrogen-bond donors (Lipinski definition) is 0. The Labute approximate surface area is 257 Å². The van der Waals surface area contributed by atoms with Gasteiger partial charge in [-0.1, -0.05) is 18.2 Å². The van der Waals surface area contributed by atoms with Gasteiger partial charge in [-0.3, -0.25) is 14.5 Å². The van der Waals surface area contributed by atoms with E-state index < -0.39 is 11.6 Å². The molecule has 0 bridgehead atoms. The van der Waals surface area contributed by atoms with Crippen LogP contribution < -0.4 is 0 Å². The molecule has 0 aromatic heterocycles. The first-order chi connectivity index (χ1) is 20.1. The van der Waals surface area contributed by atoms with E-state index in [2.05, 4.69) is 72.4 Å². The average Bonchev–Trinajstić information content (AvgIpc) is 2.93. The average molecular weight is 596 g/mol. The molecule has 2 fully saturated rings. The Bertz CT molecular complexity index is 1330. The van der Waals surface area contributed by atoms with Crippen LogP contribution in [0.15, 0.2) is 30.3 Å². The highest BCUT2D eigenvalue weighted by molar-refractivity contribution is 5.80. The van der Waals surface area contributed by atoms with E-state index in [1.54, 1.807) is 6.92 Å². The summed E-state index contributed by atoms with van der Waals surface area (Å²) in [5, 5.41) is 0. The van der Waals surface area contributed by atoms with E-state index in [9.17, 15) is 14.0 Å². The molecule has 5 nitrogen and oxygen atoms in total. The van der Waals surface area contributed by atoms with Crippen LogP contribution in [0.5, 0.6) is 0 Å². The number of piperidine rings is 2. The molecule has 0 saturated carbocycles. The molecule has 2 amide bonds. The van der Waals surface area contributed by atoms with Gasteiger partial charge in [0.2, 0.25) is 11.8 Å². The van der Waals surface area contributed by atoms with Gasteiger partial charge in [-0.2, -0.15) is 0 Å². The van der Waals surface area contributed by atoms with E-state index in [0.717, 1.165) is 25.5 Å². The highest BCUT2D eigenvalue weighted by Gasteiger charge is 2.41. The van der Waals surface area contributed by atoms with Crippen molar-refractivity contribution in [2.75, 3.05) is 26.2 Å². The lowest BCUT2D eigenvalue weighted by atomic mass is 9.77. The first-order valence-corrected chi connectivity index (χ1v) is 16.0. The summed E-state index contributed by atoms with van der Waals surface area (Å²) in [7, 11) is 0. The zero-order valence-electron chi connectivity index (χ0n) is 27.6. The van der Waals surface area contributed by atoms with Crippen molar-refractivity contribution >= 4 is 11.8 Å². The SMILES string of the molecule is CC(=O)N(C(C)C)[C@H](C)c1cc(C)c(C)cc1C1CCN(C(=O)[C@@H]2CCN(C(C)(C)C)C[C@H]2c2ccc(F)cc2F)CC1. The van der Waals surface area contributed by atoms with E-state index >= 15 is 4.39 Å². The van der Waals surface area contributed by atoms with E-state index in [-0.39, 0.29) is 47.2 Å². The van der Waals surface area contributed by atoms with Gasteiger partial charge in [-0.15, -0.1) is 0 Å². The molecule has 0 radical (unpaired) electrons. The van der Waals surface area contributed by atoms with Gasteiger partial charge in [-0.05, 0) is 121 Å². The van der Waals surface area contributed by atoms with Gasteiger partial charge >= 0.3 is 0 Å². The lowest BCUT2D eigenvalue weighted by molar-refractivity contribution is -0.139. The van der Waals surface area contributed by atoms with Crippen LogP contribution in [0.3, 0.4) is 0 Å². The number of carbonyl (C=O) groups excluding carboxylic acids is 2. The van der Waals surface area contributed by atoms with Crippen LogP contribution in [0.4, 0.5) is 8.78 Å². The quantitative estimate of drug-likeness (QED) is 0.347. The van der Waals surface area contributed by atoms with Crippen molar-refractivity contribution in [1.29, 1.82) is 0 Å². The van der Waals surface area contributed by atoms with Crippen LogP contribution in [0.2, 0.25) is 0 Å². The molecule has 0 N–H and O–H groups in total. The molecule has 0 unspecified atom stereocenters. The van der Waals surface area contributed by atoms with Crippen molar-refractivity contribution < 1.29 is 18.4 Å². The number of benzene rings is 2. The highest BCUT2D eigenvalue weighted by Crippen LogP contribution is 2.40. The summed E-state index contributed by atoms with van der Waals surface area (Å²) >= 11 is 0. The third-order valence-electron chi connectivity index (χ3n) is 9.97. The smallest absolute Gasteiger partial charge is 0.226 e. The molecule has 0 aliphatic carbocycles. The van der Waals surface area contributed by atoms with Gasteiger partial charge < -0.3 is 9.80 Å². The molecule has 2 heterocycles. The fourth-order valence-electron chi connectivity index (χ4n) is 7.43. The van der Waals surface area contributed by atoms with Crippen molar-refractivity contribution in [1.82, 2.24) is 14.7 Å². The van der Waals surface area contributed by atoms with Crippen molar-refractivity contribution in [2.45, 2.75) is 111 Å². The van der Waals surface area contributed by atoms with Gasteiger partial charge in [0.05, 0.1) is 6.04 Å². The van der Waals surface area contributed by atoms with E-state index in [1.807, 2.05) is 9.80 Å². The van der Waals surface area contributed by atoms with Crippen LogP contribution in [0.1, 0.15) is 113 Å². The van der Waals surface area contributed by atoms with Crippen LogP contribution in [-0.4, -0.2) is 64.3 Å². The summed E-state index contributed by atoms with van der Waals surface area (Å²) in [5.74, 6) is -1.42. The molecule has 2 aromatic rings. The van der Waals surface area contributed by atoms with E-state index in [0.29, 0.717) is 31.6 Å². The summed E-state index contributed by atoms with van der Waals surface area (Å²) in [6.07, 6.45) is 2.32. The summed E-state index contributed by atoms with van der Waals surface area (Å²) < 4.78 is 28.9. The number of amides is 2. The Kier molecular flexibility index (Phi) is 10.0. The van der Waals surface area contributed by atoms with Gasteiger partial charge in [0.25, 0.3) is 0 Å². The molecule has 2 aromatic carbocycles. The molecule has 7 heteroatoms. The minimum atomic E-state index is -0.602. The molecule has 2 aliphatic heterocycles. The van der Waals surface area contributed by atoms with E-state index in [1.165, 1.54) is 34.4 Å². The molecule has 43 heavy (non-hydrogen) atoms. The number of likely N-dealkylation sites (tertiary alicyclic amines) is 2. The monoisotopic (exact) mass is 595 g/mol. The summed E-state index contributed by atoms with van der Waals surface area (Å²) in [5.41, 5.74) is 5.23. The van der Waals surface area contributed by atoms with Gasteiger partial charge in [0.15, 0.2) is 0 Å². The largest absolute Gasteiger partial charge is 0.342 e. The Balaban J connectivity index is 1.56. The summed E-state index contributed by atoms with van der Waals surface area (Å²) in [4.78, 5) is 32.9.